The second-order valence-electron chi connectivity index (χ2n) is 7.58. The average Bonchev–Trinajstić information content (AvgIpc) is 2.25. The topological polar surface area (TPSA) is 72.7 Å². The molecule has 4 unspecified atom stereocenters. The lowest BCUT2D eigenvalue weighted by Gasteiger charge is -2.28. The maximum atomic E-state index is 10.1. The fourth-order valence-corrected chi connectivity index (χ4v) is 2.43. The molecule has 4 heteroatoms. The van der Waals surface area contributed by atoms with E-state index in [0.717, 1.165) is 6.42 Å². The molecule has 0 rings (SSSR count). The van der Waals surface area contributed by atoms with Crippen LogP contribution in [0.15, 0.2) is 0 Å². The van der Waals surface area contributed by atoms with Crippen LogP contribution < -0.4 is 5.32 Å². The van der Waals surface area contributed by atoms with Gasteiger partial charge in [0.15, 0.2) is 0 Å². The second kappa shape index (κ2) is 8.98. The Bertz CT molecular complexity index is 251. The first-order valence-corrected chi connectivity index (χ1v) is 7.76. The molecule has 0 bridgehead atoms. The van der Waals surface area contributed by atoms with Crippen LogP contribution in [0, 0.1) is 11.3 Å². The molecule has 0 aromatic heterocycles. The van der Waals surface area contributed by atoms with Gasteiger partial charge in [0.1, 0.15) is 0 Å². The highest BCUT2D eigenvalue weighted by molar-refractivity contribution is 4.78. The van der Waals surface area contributed by atoms with Crippen molar-refractivity contribution in [2.45, 2.75) is 84.7 Å². The average molecular weight is 289 g/mol. The third-order valence-corrected chi connectivity index (χ3v) is 3.65. The minimum atomic E-state index is -0.644. The van der Waals surface area contributed by atoms with Crippen LogP contribution in [-0.4, -0.2) is 46.7 Å². The minimum absolute atomic E-state index is 0.132. The van der Waals surface area contributed by atoms with Gasteiger partial charge in [-0.25, -0.2) is 0 Å². The van der Waals surface area contributed by atoms with Gasteiger partial charge in [0.2, 0.25) is 0 Å². The summed E-state index contributed by atoms with van der Waals surface area (Å²) in [5.41, 5.74) is 0.208. The van der Waals surface area contributed by atoms with Gasteiger partial charge in [0, 0.05) is 6.04 Å². The minimum Gasteiger partial charge on any atom is -0.393 e. The molecular formula is C16H35NO3. The van der Waals surface area contributed by atoms with Crippen molar-refractivity contribution in [1.82, 2.24) is 5.32 Å². The van der Waals surface area contributed by atoms with Crippen molar-refractivity contribution in [3.8, 4) is 0 Å². The van der Waals surface area contributed by atoms with Gasteiger partial charge < -0.3 is 20.6 Å². The molecule has 0 aromatic carbocycles. The van der Waals surface area contributed by atoms with E-state index in [-0.39, 0.29) is 17.4 Å². The van der Waals surface area contributed by atoms with Gasteiger partial charge in [-0.1, -0.05) is 34.6 Å². The van der Waals surface area contributed by atoms with Crippen molar-refractivity contribution in [1.29, 1.82) is 0 Å². The lowest BCUT2D eigenvalue weighted by atomic mass is 9.85. The van der Waals surface area contributed by atoms with E-state index in [2.05, 4.69) is 26.1 Å². The number of aliphatic hydroxyl groups is 3. The number of hydrogen-bond donors (Lipinski definition) is 4. The van der Waals surface area contributed by atoms with Gasteiger partial charge in [0.25, 0.3) is 0 Å². The Balaban J connectivity index is 4.16. The highest BCUT2D eigenvalue weighted by Gasteiger charge is 2.23. The van der Waals surface area contributed by atoms with Crippen molar-refractivity contribution in [3.63, 3.8) is 0 Å². The maximum Gasteiger partial charge on any atom is 0.0589 e. The predicted molar refractivity (Wildman–Crippen MR) is 83.6 cm³/mol. The first-order valence-electron chi connectivity index (χ1n) is 7.76. The molecule has 0 amide bonds. The van der Waals surface area contributed by atoms with Crippen LogP contribution >= 0.6 is 0 Å². The molecule has 0 heterocycles. The van der Waals surface area contributed by atoms with Crippen LogP contribution in [0.5, 0.6) is 0 Å². The number of nitrogens with one attached hydrogen (secondary N) is 1. The summed E-state index contributed by atoms with van der Waals surface area (Å²) in [7, 11) is 1.90. The predicted octanol–water partition coefficient (Wildman–Crippen LogP) is 1.92. The summed E-state index contributed by atoms with van der Waals surface area (Å²) in [5.74, 6) is 0.132. The van der Waals surface area contributed by atoms with Gasteiger partial charge in [-0.15, -0.1) is 0 Å². The summed E-state index contributed by atoms with van der Waals surface area (Å²) >= 11 is 0. The first-order chi connectivity index (χ1) is 9.05. The van der Waals surface area contributed by atoms with E-state index >= 15 is 0 Å². The molecule has 4 nitrogen and oxygen atoms in total. The standard InChI is InChI=1S/C16H35NO3/c1-11(2)15(20)9-14(19)8-13(18)7-12(17-6)10-16(3,4)5/h11-15,17-20H,7-10H2,1-6H3. The van der Waals surface area contributed by atoms with E-state index in [1.807, 2.05) is 20.9 Å². The largest absolute Gasteiger partial charge is 0.393 e. The lowest BCUT2D eigenvalue weighted by molar-refractivity contribution is 0.0194. The molecule has 20 heavy (non-hydrogen) atoms. The molecule has 0 aliphatic rings. The fourth-order valence-electron chi connectivity index (χ4n) is 2.43. The Morgan fingerprint density at radius 2 is 1.40 bits per heavy atom. The summed E-state index contributed by atoms with van der Waals surface area (Å²) < 4.78 is 0. The van der Waals surface area contributed by atoms with Crippen LogP contribution in [-0.2, 0) is 0 Å². The summed E-state index contributed by atoms with van der Waals surface area (Å²) in [5, 5.41) is 33.0. The molecule has 0 aromatic rings. The van der Waals surface area contributed by atoms with Gasteiger partial charge >= 0.3 is 0 Å². The van der Waals surface area contributed by atoms with Crippen LogP contribution in [0.4, 0.5) is 0 Å². The second-order valence-corrected chi connectivity index (χ2v) is 7.58. The van der Waals surface area contributed by atoms with Crippen molar-refractivity contribution in [2.75, 3.05) is 7.05 Å². The number of hydrogen-bond acceptors (Lipinski definition) is 4. The van der Waals surface area contributed by atoms with Crippen molar-refractivity contribution in [3.05, 3.63) is 0 Å². The Hall–Kier alpha value is -0.160. The van der Waals surface area contributed by atoms with E-state index in [9.17, 15) is 15.3 Å². The molecule has 0 spiro atoms. The monoisotopic (exact) mass is 289 g/mol. The quantitative estimate of drug-likeness (QED) is 0.523. The lowest BCUT2D eigenvalue weighted by Crippen LogP contribution is -2.35. The molecule has 0 aliphatic heterocycles. The zero-order valence-electron chi connectivity index (χ0n) is 14.1. The third-order valence-electron chi connectivity index (χ3n) is 3.65. The smallest absolute Gasteiger partial charge is 0.0589 e. The summed E-state index contributed by atoms with van der Waals surface area (Å²) in [4.78, 5) is 0. The van der Waals surface area contributed by atoms with Gasteiger partial charge in [-0.05, 0) is 44.1 Å². The normalized spacial score (nSPS) is 18.9. The van der Waals surface area contributed by atoms with E-state index in [0.29, 0.717) is 19.3 Å². The van der Waals surface area contributed by atoms with Crippen molar-refractivity contribution >= 4 is 0 Å². The van der Waals surface area contributed by atoms with Gasteiger partial charge in [-0.3, -0.25) is 0 Å². The van der Waals surface area contributed by atoms with E-state index < -0.39 is 18.3 Å². The van der Waals surface area contributed by atoms with Crippen LogP contribution in [0.25, 0.3) is 0 Å². The Morgan fingerprint density at radius 1 is 0.900 bits per heavy atom. The molecule has 122 valence electrons. The van der Waals surface area contributed by atoms with Crippen LogP contribution in [0.3, 0.4) is 0 Å². The van der Waals surface area contributed by atoms with Crippen molar-refractivity contribution in [2.24, 2.45) is 11.3 Å². The molecule has 4 N–H and O–H groups in total. The molecule has 0 aliphatic carbocycles. The van der Waals surface area contributed by atoms with Gasteiger partial charge in [-0.2, -0.15) is 0 Å². The number of rotatable bonds is 9. The third kappa shape index (κ3) is 9.70. The summed E-state index contributed by atoms with van der Waals surface area (Å²) in [6.07, 6.45) is 0.573. The zero-order valence-corrected chi connectivity index (χ0v) is 14.1. The first kappa shape index (κ1) is 19.8. The van der Waals surface area contributed by atoms with Crippen molar-refractivity contribution < 1.29 is 15.3 Å². The Morgan fingerprint density at radius 3 is 1.80 bits per heavy atom. The molecule has 0 fully saturated rings. The summed E-state index contributed by atoms with van der Waals surface area (Å²) in [6, 6.07) is 0.243. The Kier molecular flexibility index (Phi) is 8.91. The van der Waals surface area contributed by atoms with E-state index in [1.54, 1.807) is 0 Å². The highest BCUT2D eigenvalue weighted by atomic mass is 16.3. The molecule has 0 radical (unpaired) electrons. The maximum absolute atomic E-state index is 10.1. The molecule has 0 saturated carbocycles. The molecule has 4 atom stereocenters. The molecular weight excluding hydrogens is 254 g/mol. The number of aliphatic hydroxyl groups excluding tert-OH is 3. The summed E-state index contributed by atoms with van der Waals surface area (Å²) in [6.45, 7) is 10.4. The fraction of sp³-hybridized carbons (Fsp3) is 1.00. The highest BCUT2D eigenvalue weighted by Crippen LogP contribution is 2.23. The SMILES string of the molecule is CNC(CC(O)CC(O)CC(O)C(C)C)CC(C)(C)C. The Labute approximate surface area is 124 Å². The van der Waals surface area contributed by atoms with Gasteiger partial charge in [0.05, 0.1) is 18.3 Å². The molecule has 0 saturated heterocycles. The zero-order chi connectivity index (χ0) is 15.9. The van der Waals surface area contributed by atoms with E-state index in [1.165, 1.54) is 0 Å². The van der Waals surface area contributed by atoms with Crippen LogP contribution in [0.1, 0.15) is 60.3 Å². The van der Waals surface area contributed by atoms with Crippen LogP contribution in [0.2, 0.25) is 0 Å². The van der Waals surface area contributed by atoms with E-state index in [4.69, 9.17) is 0 Å².